The molecule has 1 aromatic heterocycles. The summed E-state index contributed by atoms with van der Waals surface area (Å²) in [7, 11) is 1.63. The molecular formula is C12H12F3NOS. The van der Waals surface area contributed by atoms with Crippen molar-refractivity contribution in [3.05, 3.63) is 27.6 Å². The molecule has 0 aliphatic heterocycles. The molecule has 0 radical (unpaired) electrons. The zero-order chi connectivity index (χ0) is 13.5. The maximum atomic E-state index is 12.8. The van der Waals surface area contributed by atoms with Crippen LogP contribution in [0.15, 0.2) is 17.1 Å². The van der Waals surface area contributed by atoms with Crippen LogP contribution < -0.4 is 5.32 Å². The van der Waals surface area contributed by atoms with E-state index in [-0.39, 0.29) is 22.2 Å². The lowest BCUT2D eigenvalue weighted by molar-refractivity contribution is -0.137. The summed E-state index contributed by atoms with van der Waals surface area (Å²) < 4.78 is 38.5. The lowest BCUT2D eigenvalue weighted by atomic mass is 10.0. The van der Waals surface area contributed by atoms with E-state index in [4.69, 9.17) is 0 Å². The molecule has 0 spiro atoms. The summed E-state index contributed by atoms with van der Waals surface area (Å²) in [5.74, 6) is -0.474. The molecule has 1 aromatic rings. The normalized spacial score (nSPS) is 20.7. The lowest BCUT2D eigenvalue weighted by Gasteiger charge is -2.10. The highest BCUT2D eigenvalue weighted by Gasteiger charge is 2.39. The van der Waals surface area contributed by atoms with E-state index in [2.05, 4.69) is 5.32 Å². The molecule has 1 atom stereocenters. The summed E-state index contributed by atoms with van der Waals surface area (Å²) in [6.07, 6.45) is -3.95. The van der Waals surface area contributed by atoms with Gasteiger partial charge in [-0.25, -0.2) is 0 Å². The van der Waals surface area contributed by atoms with Gasteiger partial charge in [0, 0.05) is 18.7 Å². The van der Waals surface area contributed by atoms with Crippen molar-refractivity contribution in [2.24, 2.45) is 5.92 Å². The summed E-state index contributed by atoms with van der Waals surface area (Å²) >= 11 is 0.960. The Morgan fingerprint density at radius 2 is 2.11 bits per heavy atom. The van der Waals surface area contributed by atoms with Gasteiger partial charge in [-0.3, -0.25) is 4.79 Å². The van der Waals surface area contributed by atoms with Crippen molar-refractivity contribution in [3.63, 3.8) is 0 Å². The Labute approximate surface area is 107 Å². The second-order valence-corrected chi connectivity index (χ2v) is 5.15. The van der Waals surface area contributed by atoms with Crippen LogP contribution in [-0.4, -0.2) is 12.8 Å². The van der Waals surface area contributed by atoms with Crippen molar-refractivity contribution in [2.45, 2.75) is 19.5 Å². The lowest BCUT2D eigenvalue weighted by Crippen LogP contribution is -2.11. The van der Waals surface area contributed by atoms with E-state index in [1.807, 2.05) is 0 Å². The SMILES string of the molecule is CNC1=C(c2sccc2C(F)(F)F)C(=O)C(C)C1. The number of Topliss-reactive ketones (excluding diaryl/α,β-unsaturated/α-hetero) is 1. The second-order valence-electron chi connectivity index (χ2n) is 4.23. The van der Waals surface area contributed by atoms with Gasteiger partial charge in [-0.15, -0.1) is 11.3 Å². The summed E-state index contributed by atoms with van der Waals surface area (Å²) in [5.41, 5.74) is 0.0745. The van der Waals surface area contributed by atoms with Gasteiger partial charge < -0.3 is 5.32 Å². The van der Waals surface area contributed by atoms with Crippen molar-refractivity contribution in [1.82, 2.24) is 5.32 Å². The number of thiophene rings is 1. The number of halogens is 3. The van der Waals surface area contributed by atoms with Crippen LogP contribution in [0.2, 0.25) is 0 Å². The molecule has 1 aliphatic carbocycles. The standard InChI is InChI=1S/C12H12F3NOS/c1-6-5-8(16-2)9(10(6)17)11-7(3-4-18-11)12(13,14)15/h3-4,6,16H,5H2,1-2H3. The number of allylic oxidation sites excluding steroid dienone is 2. The number of hydrogen-bond acceptors (Lipinski definition) is 3. The molecule has 0 amide bonds. The maximum absolute atomic E-state index is 12.8. The van der Waals surface area contributed by atoms with Crippen LogP contribution in [0.25, 0.3) is 5.57 Å². The molecule has 1 unspecified atom stereocenters. The fourth-order valence-corrected chi connectivity index (χ4v) is 3.09. The first-order valence-electron chi connectivity index (χ1n) is 5.46. The van der Waals surface area contributed by atoms with Gasteiger partial charge in [0.25, 0.3) is 0 Å². The third-order valence-electron chi connectivity index (χ3n) is 3.01. The molecule has 18 heavy (non-hydrogen) atoms. The van der Waals surface area contributed by atoms with Gasteiger partial charge in [-0.05, 0) is 17.9 Å². The first-order chi connectivity index (χ1) is 8.36. The molecule has 1 heterocycles. The minimum absolute atomic E-state index is 0.0289. The highest BCUT2D eigenvalue weighted by molar-refractivity contribution is 7.11. The maximum Gasteiger partial charge on any atom is 0.417 e. The molecule has 1 N–H and O–H groups in total. The van der Waals surface area contributed by atoms with Crippen LogP contribution in [0.4, 0.5) is 13.2 Å². The Morgan fingerprint density at radius 3 is 2.67 bits per heavy atom. The minimum atomic E-state index is -4.42. The van der Waals surface area contributed by atoms with Gasteiger partial charge in [-0.1, -0.05) is 6.92 Å². The third-order valence-corrected chi connectivity index (χ3v) is 3.94. The number of carbonyl (C=O) groups is 1. The monoisotopic (exact) mass is 275 g/mol. The van der Waals surface area contributed by atoms with Crippen LogP contribution in [0.1, 0.15) is 23.8 Å². The van der Waals surface area contributed by atoms with E-state index < -0.39 is 11.7 Å². The van der Waals surface area contributed by atoms with Crippen molar-refractivity contribution in [2.75, 3.05) is 7.05 Å². The smallest absolute Gasteiger partial charge is 0.391 e. The van der Waals surface area contributed by atoms with Gasteiger partial charge >= 0.3 is 6.18 Å². The average molecular weight is 275 g/mol. The molecule has 0 saturated heterocycles. The van der Waals surface area contributed by atoms with Gasteiger partial charge in [-0.2, -0.15) is 13.2 Å². The van der Waals surface area contributed by atoms with Gasteiger partial charge in [0.2, 0.25) is 0 Å². The number of hydrogen-bond donors (Lipinski definition) is 1. The zero-order valence-electron chi connectivity index (χ0n) is 9.89. The first kappa shape index (κ1) is 13.1. The predicted octanol–water partition coefficient (Wildman–Crippen LogP) is 3.31. The molecular weight excluding hydrogens is 263 g/mol. The highest BCUT2D eigenvalue weighted by atomic mass is 32.1. The molecule has 0 aromatic carbocycles. The van der Waals surface area contributed by atoms with E-state index in [1.54, 1.807) is 14.0 Å². The molecule has 6 heteroatoms. The van der Waals surface area contributed by atoms with Crippen molar-refractivity contribution in [3.8, 4) is 0 Å². The van der Waals surface area contributed by atoms with Crippen molar-refractivity contribution >= 4 is 22.7 Å². The quantitative estimate of drug-likeness (QED) is 0.897. The molecule has 1 aliphatic rings. The van der Waals surface area contributed by atoms with Crippen LogP contribution in [0.3, 0.4) is 0 Å². The van der Waals surface area contributed by atoms with Crippen LogP contribution in [0, 0.1) is 5.92 Å². The van der Waals surface area contributed by atoms with Gasteiger partial charge in [0.15, 0.2) is 5.78 Å². The molecule has 0 bridgehead atoms. The Morgan fingerprint density at radius 1 is 1.44 bits per heavy atom. The van der Waals surface area contributed by atoms with E-state index in [0.29, 0.717) is 12.1 Å². The van der Waals surface area contributed by atoms with E-state index in [1.165, 1.54) is 5.38 Å². The predicted molar refractivity (Wildman–Crippen MR) is 64.1 cm³/mol. The zero-order valence-corrected chi connectivity index (χ0v) is 10.7. The summed E-state index contributed by atoms with van der Waals surface area (Å²) in [5, 5.41) is 4.21. The molecule has 0 saturated carbocycles. The number of carbonyl (C=O) groups excluding carboxylic acids is 1. The Bertz CT molecular complexity index is 516. The fraction of sp³-hybridized carbons (Fsp3) is 0.417. The number of nitrogens with one attached hydrogen (secondary N) is 1. The summed E-state index contributed by atoms with van der Waals surface area (Å²) in [4.78, 5) is 12.0. The molecule has 98 valence electrons. The number of rotatable bonds is 2. The van der Waals surface area contributed by atoms with Gasteiger partial charge in [0.1, 0.15) is 0 Å². The second kappa shape index (κ2) is 4.42. The van der Waals surface area contributed by atoms with Crippen LogP contribution in [-0.2, 0) is 11.0 Å². The van der Waals surface area contributed by atoms with Crippen LogP contribution in [0.5, 0.6) is 0 Å². The Kier molecular flexibility index (Phi) is 3.23. The third kappa shape index (κ3) is 2.05. The molecule has 0 fully saturated rings. The largest absolute Gasteiger partial charge is 0.417 e. The highest BCUT2D eigenvalue weighted by Crippen LogP contribution is 2.42. The first-order valence-corrected chi connectivity index (χ1v) is 6.34. The number of alkyl halides is 3. The van der Waals surface area contributed by atoms with Crippen molar-refractivity contribution < 1.29 is 18.0 Å². The van der Waals surface area contributed by atoms with Gasteiger partial charge in [0.05, 0.1) is 16.0 Å². The number of ketones is 1. The van der Waals surface area contributed by atoms with E-state index in [0.717, 1.165) is 17.4 Å². The average Bonchev–Trinajstić information content (AvgIpc) is 2.84. The summed E-state index contributed by atoms with van der Waals surface area (Å²) in [6, 6.07) is 1.02. The van der Waals surface area contributed by atoms with E-state index in [9.17, 15) is 18.0 Å². The topological polar surface area (TPSA) is 29.1 Å². The van der Waals surface area contributed by atoms with Crippen molar-refractivity contribution in [1.29, 1.82) is 0 Å². The molecule has 2 rings (SSSR count). The summed E-state index contributed by atoms with van der Waals surface area (Å²) in [6.45, 7) is 1.73. The Hall–Kier alpha value is -1.30. The van der Waals surface area contributed by atoms with E-state index >= 15 is 0 Å². The Balaban J connectivity index is 2.55. The van der Waals surface area contributed by atoms with Crippen LogP contribution >= 0.6 is 11.3 Å². The molecule has 2 nitrogen and oxygen atoms in total. The fourth-order valence-electron chi connectivity index (χ4n) is 2.10. The minimum Gasteiger partial charge on any atom is -0.391 e.